The first-order valence-electron chi connectivity index (χ1n) is 7.85. The zero-order chi connectivity index (χ0) is 13.8. The van der Waals surface area contributed by atoms with E-state index in [1.165, 1.54) is 38.5 Å². The van der Waals surface area contributed by atoms with Crippen molar-refractivity contribution in [2.45, 2.75) is 64.3 Å². The van der Waals surface area contributed by atoms with Gasteiger partial charge in [0.2, 0.25) is 0 Å². The first-order valence-corrected chi connectivity index (χ1v) is 7.85. The average Bonchev–Trinajstić information content (AvgIpc) is 2.25. The molecule has 0 aromatic carbocycles. The number of rotatable bonds is 4. The van der Waals surface area contributed by atoms with Gasteiger partial charge in [-0.25, -0.2) is 0 Å². The van der Waals surface area contributed by atoms with Gasteiger partial charge in [-0.05, 0) is 67.6 Å². The molecule has 0 spiro atoms. The fourth-order valence-corrected chi connectivity index (χ4v) is 5.93. The second kappa shape index (κ2) is 4.21. The summed E-state index contributed by atoms with van der Waals surface area (Å²) in [5.41, 5.74) is 6.35. The van der Waals surface area contributed by atoms with Gasteiger partial charge in [-0.2, -0.15) is 0 Å². The summed E-state index contributed by atoms with van der Waals surface area (Å²) in [6.07, 6.45) is 7.81. The maximum absolute atomic E-state index is 11.3. The van der Waals surface area contributed by atoms with E-state index in [4.69, 9.17) is 5.73 Å². The molecule has 108 valence electrons. The van der Waals surface area contributed by atoms with Gasteiger partial charge in [-0.15, -0.1) is 0 Å². The Balaban J connectivity index is 1.95. The smallest absolute Gasteiger partial charge is 0.305 e. The maximum Gasteiger partial charge on any atom is 0.305 e. The predicted octanol–water partition coefficient (Wildman–Crippen LogP) is 3.03. The highest BCUT2D eigenvalue weighted by Crippen LogP contribution is 2.64. The SMILES string of the molecule is CC(C)C(N)(CC(=O)O)C12CC3CC(CC(C3)C1)C2. The van der Waals surface area contributed by atoms with Crippen LogP contribution in [0.5, 0.6) is 0 Å². The van der Waals surface area contributed by atoms with Crippen LogP contribution in [0.15, 0.2) is 0 Å². The average molecular weight is 265 g/mol. The van der Waals surface area contributed by atoms with E-state index in [2.05, 4.69) is 13.8 Å². The molecule has 0 amide bonds. The van der Waals surface area contributed by atoms with E-state index in [1.54, 1.807) is 0 Å². The van der Waals surface area contributed by atoms with E-state index >= 15 is 0 Å². The molecule has 3 heteroatoms. The second-order valence-corrected chi connectivity index (χ2v) is 7.96. The van der Waals surface area contributed by atoms with Gasteiger partial charge in [-0.3, -0.25) is 4.79 Å². The maximum atomic E-state index is 11.3. The lowest BCUT2D eigenvalue weighted by molar-refractivity contribution is -0.149. The fraction of sp³-hybridized carbons (Fsp3) is 0.938. The number of hydrogen-bond donors (Lipinski definition) is 2. The predicted molar refractivity (Wildman–Crippen MR) is 74.6 cm³/mol. The monoisotopic (exact) mass is 265 g/mol. The second-order valence-electron chi connectivity index (χ2n) is 7.96. The Bertz CT molecular complexity index is 355. The van der Waals surface area contributed by atoms with Crippen molar-refractivity contribution in [1.82, 2.24) is 0 Å². The number of hydrogen-bond acceptors (Lipinski definition) is 2. The highest BCUT2D eigenvalue weighted by Gasteiger charge is 2.60. The minimum absolute atomic E-state index is 0.105. The van der Waals surface area contributed by atoms with Crippen LogP contribution >= 0.6 is 0 Å². The summed E-state index contributed by atoms with van der Waals surface area (Å²) in [5, 5.41) is 9.32. The van der Waals surface area contributed by atoms with Gasteiger partial charge >= 0.3 is 5.97 Å². The van der Waals surface area contributed by atoms with E-state index in [-0.39, 0.29) is 17.8 Å². The van der Waals surface area contributed by atoms with E-state index in [9.17, 15) is 9.90 Å². The summed E-state index contributed by atoms with van der Waals surface area (Å²) in [6, 6.07) is 0. The number of carbonyl (C=O) groups is 1. The van der Waals surface area contributed by atoms with Crippen LogP contribution in [0.4, 0.5) is 0 Å². The Morgan fingerprint density at radius 3 is 1.95 bits per heavy atom. The molecule has 0 heterocycles. The van der Waals surface area contributed by atoms with Crippen LogP contribution in [0.2, 0.25) is 0 Å². The molecule has 0 radical (unpaired) electrons. The molecule has 4 bridgehead atoms. The minimum Gasteiger partial charge on any atom is -0.481 e. The Kier molecular flexibility index (Phi) is 2.97. The highest BCUT2D eigenvalue weighted by molar-refractivity contribution is 5.68. The van der Waals surface area contributed by atoms with E-state index in [1.807, 2.05) is 0 Å². The number of carboxylic acids is 1. The lowest BCUT2D eigenvalue weighted by Crippen LogP contribution is -2.65. The van der Waals surface area contributed by atoms with Gasteiger partial charge < -0.3 is 10.8 Å². The summed E-state index contributed by atoms with van der Waals surface area (Å²) in [5.74, 6) is 1.97. The van der Waals surface area contributed by atoms with Gasteiger partial charge in [-0.1, -0.05) is 13.8 Å². The summed E-state index contributed by atoms with van der Waals surface area (Å²) in [4.78, 5) is 11.3. The number of carboxylic acid groups (broad SMARTS) is 1. The summed E-state index contributed by atoms with van der Waals surface area (Å²) in [6.45, 7) is 4.23. The molecule has 4 aliphatic rings. The molecular formula is C16H27NO2. The van der Waals surface area contributed by atoms with Crippen molar-refractivity contribution in [2.75, 3.05) is 0 Å². The van der Waals surface area contributed by atoms with Gasteiger partial charge in [0.05, 0.1) is 6.42 Å². The Morgan fingerprint density at radius 1 is 1.21 bits per heavy atom. The third kappa shape index (κ3) is 1.93. The molecule has 4 fully saturated rings. The largest absolute Gasteiger partial charge is 0.481 e. The normalized spacial score (nSPS) is 43.5. The Labute approximate surface area is 115 Å². The molecule has 1 unspecified atom stereocenters. The van der Waals surface area contributed by atoms with Gasteiger partial charge in [0.1, 0.15) is 0 Å². The van der Waals surface area contributed by atoms with Crippen LogP contribution in [0.3, 0.4) is 0 Å². The van der Waals surface area contributed by atoms with Crippen molar-refractivity contribution >= 4 is 5.97 Å². The first kappa shape index (κ1) is 13.4. The Morgan fingerprint density at radius 2 is 1.63 bits per heavy atom. The van der Waals surface area contributed by atoms with Crippen molar-refractivity contribution in [3.8, 4) is 0 Å². The van der Waals surface area contributed by atoms with Crippen molar-refractivity contribution in [1.29, 1.82) is 0 Å². The quantitative estimate of drug-likeness (QED) is 0.821. The zero-order valence-electron chi connectivity index (χ0n) is 12.2. The van der Waals surface area contributed by atoms with E-state index in [0.717, 1.165) is 17.8 Å². The molecule has 19 heavy (non-hydrogen) atoms. The molecule has 0 saturated heterocycles. The van der Waals surface area contributed by atoms with E-state index in [0.29, 0.717) is 0 Å². The number of aliphatic carboxylic acids is 1. The lowest BCUT2D eigenvalue weighted by atomic mass is 9.43. The standard InChI is InChI=1S/C16H27NO2/c1-10(2)16(17,9-14(18)19)15-6-11-3-12(7-15)5-13(4-11)8-15/h10-13H,3-9,17H2,1-2H3,(H,18,19). The molecule has 0 aromatic heterocycles. The van der Waals surface area contributed by atoms with Crippen LogP contribution in [-0.4, -0.2) is 16.6 Å². The molecule has 3 nitrogen and oxygen atoms in total. The molecule has 0 aliphatic heterocycles. The van der Waals surface area contributed by atoms with Crippen LogP contribution in [-0.2, 0) is 4.79 Å². The highest BCUT2D eigenvalue weighted by atomic mass is 16.4. The molecule has 1 atom stereocenters. The third-order valence-electron chi connectivity index (χ3n) is 6.50. The van der Waals surface area contributed by atoms with E-state index < -0.39 is 11.5 Å². The zero-order valence-corrected chi connectivity index (χ0v) is 12.2. The number of nitrogens with two attached hydrogens (primary N) is 1. The molecule has 4 aliphatic carbocycles. The molecule has 0 aromatic rings. The van der Waals surface area contributed by atoms with Crippen molar-refractivity contribution in [3.63, 3.8) is 0 Å². The fourth-order valence-electron chi connectivity index (χ4n) is 5.93. The summed E-state index contributed by atoms with van der Waals surface area (Å²) >= 11 is 0. The summed E-state index contributed by atoms with van der Waals surface area (Å²) in [7, 11) is 0. The molecule has 4 saturated carbocycles. The van der Waals surface area contributed by atoms with Crippen molar-refractivity contribution in [3.05, 3.63) is 0 Å². The first-order chi connectivity index (χ1) is 8.84. The van der Waals surface area contributed by atoms with Crippen LogP contribution in [0, 0.1) is 29.1 Å². The van der Waals surface area contributed by atoms with Crippen molar-refractivity contribution < 1.29 is 9.90 Å². The minimum atomic E-state index is -0.730. The van der Waals surface area contributed by atoms with Gasteiger partial charge in [0.15, 0.2) is 0 Å². The molecule has 3 N–H and O–H groups in total. The lowest BCUT2D eigenvalue weighted by Gasteiger charge is -2.63. The third-order valence-corrected chi connectivity index (χ3v) is 6.50. The van der Waals surface area contributed by atoms with Gasteiger partial charge in [0, 0.05) is 5.54 Å². The van der Waals surface area contributed by atoms with Crippen LogP contribution in [0.1, 0.15) is 58.8 Å². The topological polar surface area (TPSA) is 63.3 Å². The Hall–Kier alpha value is -0.570. The van der Waals surface area contributed by atoms with Gasteiger partial charge in [0.25, 0.3) is 0 Å². The van der Waals surface area contributed by atoms with Crippen molar-refractivity contribution in [2.24, 2.45) is 34.8 Å². The van der Waals surface area contributed by atoms with Crippen LogP contribution < -0.4 is 5.73 Å². The summed E-state index contributed by atoms with van der Waals surface area (Å²) < 4.78 is 0. The molecular weight excluding hydrogens is 238 g/mol. The van der Waals surface area contributed by atoms with Crippen LogP contribution in [0.25, 0.3) is 0 Å². The molecule has 4 rings (SSSR count).